The second-order valence-corrected chi connectivity index (χ2v) is 7.77. The summed E-state index contributed by atoms with van der Waals surface area (Å²) >= 11 is 3.41. The lowest BCUT2D eigenvalue weighted by Gasteiger charge is -2.09. The molecule has 1 fully saturated rings. The molecule has 0 spiro atoms. The van der Waals surface area contributed by atoms with Gasteiger partial charge in [-0.15, -0.1) is 5.10 Å². The molecule has 7 heteroatoms. The number of nitrogens with zero attached hydrogens (tertiary/aromatic N) is 3. The third-order valence-electron chi connectivity index (χ3n) is 3.34. The summed E-state index contributed by atoms with van der Waals surface area (Å²) in [5.74, 6) is 0.300. The van der Waals surface area contributed by atoms with Crippen molar-refractivity contribution in [3.63, 3.8) is 0 Å². The maximum atomic E-state index is 11.8. The molecule has 1 unspecified atom stereocenters. The normalized spacial score (nSPS) is 22.6. The number of sulfone groups is 1. The number of benzene rings is 1. The van der Waals surface area contributed by atoms with Gasteiger partial charge in [0.05, 0.1) is 23.1 Å². The SMILES string of the molecule is O=S1(=O)CCCC1Cn1nnc2c(Br)cccc21. The molecule has 1 aliphatic heterocycles. The highest BCUT2D eigenvalue weighted by Crippen LogP contribution is 2.25. The van der Waals surface area contributed by atoms with Crippen molar-refractivity contribution in [1.29, 1.82) is 0 Å². The second-order valence-electron chi connectivity index (χ2n) is 4.51. The van der Waals surface area contributed by atoms with Gasteiger partial charge in [0.1, 0.15) is 5.52 Å². The van der Waals surface area contributed by atoms with Gasteiger partial charge in [-0.3, -0.25) is 0 Å². The van der Waals surface area contributed by atoms with Gasteiger partial charge >= 0.3 is 0 Å². The third-order valence-corrected chi connectivity index (χ3v) is 6.23. The lowest BCUT2D eigenvalue weighted by atomic mass is 10.2. The summed E-state index contributed by atoms with van der Waals surface area (Å²) in [7, 11) is -2.94. The zero-order valence-electron chi connectivity index (χ0n) is 9.58. The van der Waals surface area contributed by atoms with Gasteiger partial charge in [-0.25, -0.2) is 13.1 Å². The molecule has 1 aromatic carbocycles. The van der Waals surface area contributed by atoms with Crippen LogP contribution in [-0.4, -0.2) is 34.4 Å². The topological polar surface area (TPSA) is 64.8 Å². The first-order valence-electron chi connectivity index (χ1n) is 5.77. The quantitative estimate of drug-likeness (QED) is 0.842. The summed E-state index contributed by atoms with van der Waals surface area (Å²) in [5, 5.41) is 7.82. The first-order chi connectivity index (χ1) is 8.58. The lowest BCUT2D eigenvalue weighted by molar-refractivity contribution is 0.540. The standard InChI is InChI=1S/C11H12BrN3O2S/c12-9-4-1-5-10-11(9)13-14-15(10)7-8-3-2-6-18(8,16)17/h1,4-5,8H,2-3,6-7H2. The highest BCUT2D eigenvalue weighted by Gasteiger charge is 2.32. The van der Waals surface area contributed by atoms with Gasteiger partial charge < -0.3 is 0 Å². The van der Waals surface area contributed by atoms with E-state index < -0.39 is 9.84 Å². The molecule has 0 amide bonds. The number of hydrogen-bond acceptors (Lipinski definition) is 4. The molecular weight excluding hydrogens is 318 g/mol. The van der Waals surface area contributed by atoms with Crippen molar-refractivity contribution in [2.45, 2.75) is 24.6 Å². The van der Waals surface area contributed by atoms with Gasteiger partial charge in [0, 0.05) is 4.47 Å². The fourth-order valence-electron chi connectivity index (χ4n) is 2.35. The Balaban J connectivity index is 1.99. The van der Waals surface area contributed by atoms with Crippen molar-refractivity contribution < 1.29 is 8.42 Å². The van der Waals surface area contributed by atoms with Crippen LogP contribution in [-0.2, 0) is 16.4 Å². The van der Waals surface area contributed by atoms with Crippen LogP contribution in [0.2, 0.25) is 0 Å². The van der Waals surface area contributed by atoms with Crippen LogP contribution < -0.4 is 0 Å². The van der Waals surface area contributed by atoms with Crippen LogP contribution in [0.15, 0.2) is 22.7 Å². The van der Waals surface area contributed by atoms with E-state index in [1.165, 1.54) is 0 Å². The third kappa shape index (κ3) is 1.95. The lowest BCUT2D eigenvalue weighted by Crippen LogP contribution is -2.22. The van der Waals surface area contributed by atoms with E-state index in [0.717, 1.165) is 28.3 Å². The minimum atomic E-state index is -2.94. The van der Waals surface area contributed by atoms with Gasteiger partial charge in [-0.05, 0) is 40.9 Å². The average molecular weight is 330 g/mol. The Kier molecular flexibility index (Phi) is 2.90. The number of hydrogen-bond donors (Lipinski definition) is 0. The van der Waals surface area contributed by atoms with Gasteiger partial charge in [0.2, 0.25) is 0 Å². The van der Waals surface area contributed by atoms with Crippen LogP contribution in [0.1, 0.15) is 12.8 Å². The minimum Gasteiger partial charge on any atom is -0.243 e. The zero-order chi connectivity index (χ0) is 12.8. The molecule has 1 atom stereocenters. The van der Waals surface area contributed by atoms with E-state index in [4.69, 9.17) is 0 Å². The molecule has 0 aliphatic carbocycles. The van der Waals surface area contributed by atoms with Crippen molar-refractivity contribution >= 4 is 36.8 Å². The van der Waals surface area contributed by atoms with Crippen molar-refractivity contribution in [1.82, 2.24) is 15.0 Å². The number of fused-ring (bicyclic) bond motifs is 1. The summed E-state index contributed by atoms with van der Waals surface area (Å²) in [6, 6.07) is 5.70. The van der Waals surface area contributed by atoms with Gasteiger partial charge in [0.15, 0.2) is 9.84 Å². The van der Waals surface area contributed by atoms with Crippen molar-refractivity contribution in [3.8, 4) is 0 Å². The van der Waals surface area contributed by atoms with Gasteiger partial charge in [0.25, 0.3) is 0 Å². The van der Waals surface area contributed by atoms with E-state index >= 15 is 0 Å². The molecular formula is C11H12BrN3O2S. The number of rotatable bonds is 2. The second kappa shape index (κ2) is 4.31. The van der Waals surface area contributed by atoms with E-state index in [1.54, 1.807) is 4.68 Å². The van der Waals surface area contributed by atoms with E-state index in [1.807, 2.05) is 18.2 Å². The zero-order valence-corrected chi connectivity index (χ0v) is 12.0. The van der Waals surface area contributed by atoms with Gasteiger partial charge in [-0.2, -0.15) is 0 Å². The fourth-order valence-corrected chi connectivity index (χ4v) is 4.58. The highest BCUT2D eigenvalue weighted by atomic mass is 79.9. The molecule has 1 aliphatic rings. The van der Waals surface area contributed by atoms with Gasteiger partial charge in [-0.1, -0.05) is 11.3 Å². The predicted octanol–water partition coefficient (Wildman–Crippen LogP) is 1.77. The maximum absolute atomic E-state index is 11.8. The molecule has 1 saturated heterocycles. The Bertz CT molecular complexity index is 695. The summed E-state index contributed by atoms with van der Waals surface area (Å²) in [5.41, 5.74) is 1.64. The van der Waals surface area contributed by atoms with Crippen LogP contribution in [0.4, 0.5) is 0 Å². The molecule has 0 saturated carbocycles. The molecule has 0 N–H and O–H groups in total. The Morgan fingerprint density at radius 3 is 3.00 bits per heavy atom. The molecule has 5 nitrogen and oxygen atoms in total. The molecule has 18 heavy (non-hydrogen) atoms. The smallest absolute Gasteiger partial charge is 0.154 e. The van der Waals surface area contributed by atoms with E-state index in [9.17, 15) is 8.42 Å². The molecule has 0 bridgehead atoms. The largest absolute Gasteiger partial charge is 0.243 e. The first-order valence-corrected chi connectivity index (χ1v) is 8.28. The van der Waals surface area contributed by atoms with Crippen LogP contribution in [0, 0.1) is 0 Å². The monoisotopic (exact) mass is 329 g/mol. The van der Waals surface area contributed by atoms with E-state index in [2.05, 4.69) is 26.2 Å². The van der Waals surface area contributed by atoms with Crippen molar-refractivity contribution in [2.24, 2.45) is 0 Å². The summed E-state index contributed by atoms with van der Waals surface area (Å²) < 4.78 is 26.2. The minimum absolute atomic E-state index is 0.300. The fraction of sp³-hybridized carbons (Fsp3) is 0.455. The first kappa shape index (κ1) is 12.1. The number of halogens is 1. The van der Waals surface area contributed by atoms with Crippen LogP contribution >= 0.6 is 15.9 Å². The predicted molar refractivity (Wildman–Crippen MR) is 72.0 cm³/mol. The van der Waals surface area contributed by atoms with Crippen molar-refractivity contribution in [2.75, 3.05) is 5.75 Å². The Morgan fingerprint density at radius 1 is 1.44 bits per heavy atom. The molecule has 1 aromatic heterocycles. The Labute approximate surface area is 113 Å². The molecule has 2 heterocycles. The summed E-state index contributed by atoms with van der Waals surface area (Å²) in [6.07, 6.45) is 1.47. The Morgan fingerprint density at radius 2 is 2.28 bits per heavy atom. The van der Waals surface area contributed by atoms with Crippen LogP contribution in [0.25, 0.3) is 11.0 Å². The maximum Gasteiger partial charge on any atom is 0.154 e. The summed E-state index contributed by atoms with van der Waals surface area (Å²) in [4.78, 5) is 0. The van der Waals surface area contributed by atoms with E-state index in [0.29, 0.717) is 12.3 Å². The Hall–Kier alpha value is -0.950. The van der Waals surface area contributed by atoms with Crippen LogP contribution in [0.3, 0.4) is 0 Å². The average Bonchev–Trinajstić information content (AvgIpc) is 2.86. The summed E-state index contributed by atoms with van der Waals surface area (Å²) in [6.45, 7) is 0.398. The molecule has 2 aromatic rings. The van der Waals surface area contributed by atoms with Crippen LogP contribution in [0.5, 0.6) is 0 Å². The highest BCUT2D eigenvalue weighted by molar-refractivity contribution is 9.10. The number of aromatic nitrogens is 3. The molecule has 0 radical (unpaired) electrons. The van der Waals surface area contributed by atoms with E-state index in [-0.39, 0.29) is 5.25 Å². The molecule has 96 valence electrons. The van der Waals surface area contributed by atoms with Crippen molar-refractivity contribution in [3.05, 3.63) is 22.7 Å². The molecule has 3 rings (SSSR count).